The monoisotopic (exact) mass is 201 g/mol. The lowest BCUT2D eigenvalue weighted by molar-refractivity contribution is 0.157. The first kappa shape index (κ1) is 10.3. The molecule has 1 aromatic carbocycles. The zero-order chi connectivity index (χ0) is 11.2. The Morgan fingerprint density at radius 1 is 1.13 bits per heavy atom. The molecule has 0 atom stereocenters. The van der Waals surface area contributed by atoms with E-state index in [-0.39, 0.29) is 5.60 Å². The van der Waals surface area contributed by atoms with Gasteiger partial charge in [0.05, 0.1) is 0 Å². The highest BCUT2D eigenvalue weighted by Gasteiger charge is 2.24. The number of ether oxygens (including phenoxy) is 1. The van der Waals surface area contributed by atoms with Crippen molar-refractivity contribution >= 4 is 6.08 Å². The van der Waals surface area contributed by atoms with Gasteiger partial charge in [0.25, 0.3) is 0 Å². The summed E-state index contributed by atoms with van der Waals surface area (Å²) < 4.78 is 6.00. The fraction of sp³-hybridized carbons (Fsp3) is 0.429. The van der Waals surface area contributed by atoms with Gasteiger partial charge >= 0.3 is 0 Å². The molecule has 0 fully saturated rings. The molecule has 1 heterocycles. The number of rotatable bonds is 0. The van der Waals surface area contributed by atoms with Crippen molar-refractivity contribution in [3.8, 4) is 5.75 Å². The zero-order valence-electron chi connectivity index (χ0n) is 10.1. The second-order valence-corrected chi connectivity index (χ2v) is 4.78. The smallest absolute Gasteiger partial charge is 0.131 e. The van der Waals surface area contributed by atoms with E-state index in [1.807, 2.05) is 0 Å². The normalized spacial score (nSPS) is 17.1. The van der Waals surface area contributed by atoms with Crippen LogP contribution in [0.2, 0.25) is 0 Å². The minimum absolute atomic E-state index is 0.196. The van der Waals surface area contributed by atoms with Gasteiger partial charge < -0.3 is 4.74 Å². The lowest BCUT2D eigenvalue weighted by Crippen LogP contribution is -2.28. The highest BCUT2D eigenvalue weighted by atomic mass is 16.5. The molecule has 0 unspecified atom stereocenters. The Balaban J connectivity index is 2.66. The molecular formula is C14H17O. The van der Waals surface area contributed by atoms with E-state index in [0.717, 1.165) is 5.75 Å². The summed E-state index contributed by atoms with van der Waals surface area (Å²) in [5.41, 5.74) is 4.53. The van der Waals surface area contributed by atoms with Crippen LogP contribution in [-0.4, -0.2) is 5.60 Å². The summed E-state index contributed by atoms with van der Waals surface area (Å²) in [5.74, 6) is 1.02. The van der Waals surface area contributed by atoms with Crippen molar-refractivity contribution in [2.75, 3.05) is 0 Å². The molecule has 0 saturated heterocycles. The van der Waals surface area contributed by atoms with Gasteiger partial charge in [0.2, 0.25) is 0 Å². The van der Waals surface area contributed by atoms with Gasteiger partial charge in [-0.15, -0.1) is 0 Å². The maximum Gasteiger partial charge on any atom is 0.131 e. The number of benzene rings is 1. The zero-order valence-corrected chi connectivity index (χ0v) is 10.1. The van der Waals surface area contributed by atoms with Crippen molar-refractivity contribution in [1.82, 2.24) is 0 Å². The van der Waals surface area contributed by atoms with Gasteiger partial charge in [-0.3, -0.25) is 0 Å². The van der Waals surface area contributed by atoms with Crippen LogP contribution in [0.25, 0.3) is 6.08 Å². The second kappa shape index (κ2) is 3.13. The number of hydrogen-bond donors (Lipinski definition) is 0. The third-order valence-corrected chi connectivity index (χ3v) is 2.94. The van der Waals surface area contributed by atoms with E-state index in [4.69, 9.17) is 4.74 Å². The van der Waals surface area contributed by atoms with Gasteiger partial charge in [0.15, 0.2) is 0 Å². The first-order valence-corrected chi connectivity index (χ1v) is 5.32. The highest BCUT2D eigenvalue weighted by molar-refractivity contribution is 5.67. The number of fused-ring (bicyclic) bond motifs is 1. The van der Waals surface area contributed by atoms with Crippen molar-refractivity contribution in [2.45, 2.75) is 40.2 Å². The van der Waals surface area contributed by atoms with Crippen LogP contribution in [0.5, 0.6) is 5.75 Å². The maximum absolute atomic E-state index is 6.00. The van der Waals surface area contributed by atoms with Crippen molar-refractivity contribution < 1.29 is 4.74 Å². The Morgan fingerprint density at radius 3 is 2.47 bits per heavy atom. The van der Waals surface area contributed by atoms with E-state index in [0.29, 0.717) is 0 Å². The van der Waals surface area contributed by atoms with Gasteiger partial charge in [-0.25, -0.2) is 0 Å². The number of hydrogen-bond acceptors (Lipinski definition) is 1. The van der Waals surface area contributed by atoms with Crippen LogP contribution >= 0.6 is 0 Å². The highest BCUT2D eigenvalue weighted by Crippen LogP contribution is 2.36. The van der Waals surface area contributed by atoms with Gasteiger partial charge in [0, 0.05) is 5.56 Å². The predicted molar refractivity (Wildman–Crippen MR) is 63.2 cm³/mol. The molecule has 0 aliphatic carbocycles. The van der Waals surface area contributed by atoms with E-state index in [9.17, 15) is 0 Å². The fourth-order valence-corrected chi connectivity index (χ4v) is 1.90. The fourth-order valence-electron chi connectivity index (χ4n) is 1.90. The van der Waals surface area contributed by atoms with Crippen LogP contribution in [0, 0.1) is 26.8 Å². The molecule has 79 valence electrons. The minimum Gasteiger partial charge on any atom is -0.483 e. The third kappa shape index (κ3) is 1.67. The van der Waals surface area contributed by atoms with Crippen molar-refractivity contribution in [2.24, 2.45) is 0 Å². The molecule has 1 radical (unpaired) electrons. The third-order valence-electron chi connectivity index (χ3n) is 2.94. The SMILES string of the molecule is Cc1[c]c(C)c2c(c1C)OC(C)(C)C=C2. The molecule has 0 spiro atoms. The average Bonchev–Trinajstić information content (AvgIpc) is 2.13. The molecular weight excluding hydrogens is 184 g/mol. The molecule has 1 aliphatic rings. The van der Waals surface area contributed by atoms with E-state index in [1.165, 1.54) is 22.3 Å². The molecule has 0 N–H and O–H groups in total. The van der Waals surface area contributed by atoms with Crippen LogP contribution in [0.1, 0.15) is 36.1 Å². The largest absolute Gasteiger partial charge is 0.483 e. The molecule has 1 nitrogen and oxygen atoms in total. The molecule has 0 aromatic heterocycles. The first-order chi connectivity index (χ1) is 6.91. The van der Waals surface area contributed by atoms with Gasteiger partial charge in [-0.2, -0.15) is 0 Å². The topological polar surface area (TPSA) is 9.23 Å². The summed E-state index contributed by atoms with van der Waals surface area (Å²) in [6.45, 7) is 10.4. The molecule has 0 bridgehead atoms. The Morgan fingerprint density at radius 2 is 1.80 bits per heavy atom. The molecule has 15 heavy (non-hydrogen) atoms. The molecule has 1 heteroatoms. The van der Waals surface area contributed by atoms with Gasteiger partial charge in [-0.1, -0.05) is 6.08 Å². The molecule has 2 rings (SSSR count). The van der Waals surface area contributed by atoms with E-state index < -0.39 is 0 Å². The summed E-state index contributed by atoms with van der Waals surface area (Å²) in [5, 5.41) is 0. The quantitative estimate of drug-likeness (QED) is 0.623. The Bertz CT molecular complexity index is 439. The Kier molecular flexibility index (Phi) is 2.14. The summed E-state index contributed by atoms with van der Waals surface area (Å²) in [7, 11) is 0. The summed E-state index contributed by atoms with van der Waals surface area (Å²) in [6, 6.07) is 3.36. The van der Waals surface area contributed by atoms with Crippen LogP contribution in [0.3, 0.4) is 0 Å². The van der Waals surface area contributed by atoms with E-state index in [1.54, 1.807) is 0 Å². The summed E-state index contributed by atoms with van der Waals surface area (Å²) in [6.07, 6.45) is 4.25. The summed E-state index contributed by atoms with van der Waals surface area (Å²) in [4.78, 5) is 0. The Hall–Kier alpha value is -1.24. The summed E-state index contributed by atoms with van der Waals surface area (Å²) >= 11 is 0. The Labute approximate surface area is 91.8 Å². The molecule has 0 amide bonds. The lowest BCUT2D eigenvalue weighted by atomic mass is 9.94. The van der Waals surface area contributed by atoms with Crippen LogP contribution in [-0.2, 0) is 0 Å². The van der Waals surface area contributed by atoms with E-state index >= 15 is 0 Å². The second-order valence-electron chi connectivity index (χ2n) is 4.78. The first-order valence-electron chi connectivity index (χ1n) is 5.32. The van der Waals surface area contributed by atoms with Crippen molar-refractivity contribution in [3.63, 3.8) is 0 Å². The molecule has 1 aromatic rings. The molecule has 0 saturated carbocycles. The van der Waals surface area contributed by atoms with Crippen LogP contribution in [0.15, 0.2) is 6.08 Å². The standard InChI is InChI=1S/C14H17O/c1-9-8-10(2)12-6-7-14(4,5)15-13(12)11(9)3/h6-7H,1-5H3. The molecule has 1 aliphatic heterocycles. The average molecular weight is 201 g/mol. The van der Waals surface area contributed by atoms with Crippen LogP contribution in [0.4, 0.5) is 0 Å². The maximum atomic E-state index is 6.00. The predicted octanol–water partition coefficient (Wildman–Crippen LogP) is 3.60. The number of aryl methyl sites for hydroxylation is 2. The van der Waals surface area contributed by atoms with Crippen molar-refractivity contribution in [3.05, 3.63) is 34.4 Å². The minimum atomic E-state index is -0.196. The van der Waals surface area contributed by atoms with Crippen molar-refractivity contribution in [1.29, 1.82) is 0 Å². The van der Waals surface area contributed by atoms with E-state index in [2.05, 4.69) is 52.8 Å². The van der Waals surface area contributed by atoms with Crippen LogP contribution < -0.4 is 4.74 Å². The van der Waals surface area contributed by atoms with Gasteiger partial charge in [0.1, 0.15) is 11.4 Å². The van der Waals surface area contributed by atoms with Gasteiger partial charge in [-0.05, 0) is 63.5 Å². The lowest BCUT2D eigenvalue weighted by Gasteiger charge is -2.30.